The summed E-state index contributed by atoms with van der Waals surface area (Å²) in [6.45, 7) is 9.24. The maximum Gasteiger partial charge on any atom is 0.174 e. The van der Waals surface area contributed by atoms with Gasteiger partial charge in [-0.1, -0.05) is 81.1 Å². The van der Waals surface area contributed by atoms with E-state index in [9.17, 15) is 9.59 Å². The van der Waals surface area contributed by atoms with Crippen molar-refractivity contribution in [1.82, 2.24) is 4.90 Å². The third kappa shape index (κ3) is 6.04. The third-order valence-corrected chi connectivity index (χ3v) is 11.4. The number of carbonyl (C=O) groups is 2. The van der Waals surface area contributed by atoms with Crippen LogP contribution in [-0.2, 0) is 16.2 Å². The van der Waals surface area contributed by atoms with E-state index in [2.05, 4.69) is 77.2 Å². The van der Waals surface area contributed by atoms with Gasteiger partial charge in [-0.25, -0.2) is 0 Å². The van der Waals surface area contributed by atoms with E-state index < -0.39 is 5.92 Å². The van der Waals surface area contributed by atoms with E-state index in [0.717, 1.165) is 67.4 Å². The largest absolute Gasteiger partial charge is 0.493 e. The van der Waals surface area contributed by atoms with E-state index in [1.807, 2.05) is 30.3 Å². The number of ketones is 2. The van der Waals surface area contributed by atoms with Gasteiger partial charge >= 0.3 is 0 Å². The standard InChI is InChI=1S/C37H43BrINO4/c1-36(2)17-27-33(29(41)19-36)32(34-28(18-37(3,4)20-30(34)42)40(27)24-12-7-6-8-13-24)23-15-26(39)35(31(16-23)43-5)44-21-22-11-9-10-14-25(22)38/h9-11,14-16,24,32H,6-8,12-13,17-21H2,1-5H3. The fourth-order valence-electron chi connectivity index (χ4n) is 7.92. The zero-order valence-electron chi connectivity index (χ0n) is 26.5. The van der Waals surface area contributed by atoms with Crippen molar-refractivity contribution in [1.29, 1.82) is 0 Å². The number of hydrogen-bond acceptors (Lipinski definition) is 5. The molecule has 1 heterocycles. The molecule has 0 N–H and O–H groups in total. The summed E-state index contributed by atoms with van der Waals surface area (Å²) in [6, 6.07) is 12.5. The molecular formula is C37H43BrINO4. The fraction of sp³-hybridized carbons (Fsp3) is 0.514. The van der Waals surface area contributed by atoms with E-state index >= 15 is 0 Å². The second kappa shape index (κ2) is 12.2. The van der Waals surface area contributed by atoms with Crippen LogP contribution in [0.4, 0.5) is 0 Å². The molecule has 1 saturated carbocycles. The summed E-state index contributed by atoms with van der Waals surface area (Å²) >= 11 is 5.93. The zero-order chi connectivity index (χ0) is 31.4. The minimum absolute atomic E-state index is 0.130. The van der Waals surface area contributed by atoms with Crippen LogP contribution < -0.4 is 9.47 Å². The zero-order valence-corrected chi connectivity index (χ0v) is 30.3. The summed E-state index contributed by atoms with van der Waals surface area (Å²) in [5, 5.41) is 0. The average Bonchev–Trinajstić information content (AvgIpc) is 2.95. The van der Waals surface area contributed by atoms with Gasteiger partial charge in [0.05, 0.1) is 10.7 Å². The van der Waals surface area contributed by atoms with Crippen molar-refractivity contribution in [3.8, 4) is 11.5 Å². The minimum atomic E-state index is -0.397. The van der Waals surface area contributed by atoms with E-state index in [4.69, 9.17) is 9.47 Å². The number of nitrogens with zero attached hydrogens (tertiary/aromatic N) is 1. The molecule has 0 radical (unpaired) electrons. The molecule has 0 amide bonds. The van der Waals surface area contributed by atoms with Crippen LogP contribution in [0.5, 0.6) is 11.5 Å². The molecule has 1 fully saturated rings. The molecule has 4 aliphatic rings. The van der Waals surface area contributed by atoms with Gasteiger partial charge in [-0.05, 0) is 82.9 Å². The van der Waals surface area contributed by atoms with Gasteiger partial charge in [-0.15, -0.1) is 0 Å². The van der Waals surface area contributed by atoms with Gasteiger partial charge in [0, 0.05) is 57.4 Å². The normalized spacial score (nSPS) is 22.2. The van der Waals surface area contributed by atoms with Crippen molar-refractivity contribution >= 4 is 50.1 Å². The van der Waals surface area contributed by atoms with E-state index in [1.165, 1.54) is 19.3 Å². The number of hydrogen-bond donors (Lipinski definition) is 0. The Balaban J connectivity index is 1.51. The Labute approximate surface area is 284 Å². The van der Waals surface area contributed by atoms with Crippen LogP contribution in [0.15, 0.2) is 63.4 Å². The third-order valence-electron chi connectivity index (χ3n) is 9.81. The van der Waals surface area contributed by atoms with E-state index in [1.54, 1.807) is 7.11 Å². The highest BCUT2D eigenvalue weighted by molar-refractivity contribution is 14.1. The van der Waals surface area contributed by atoms with Crippen LogP contribution in [0.25, 0.3) is 0 Å². The molecule has 5 nitrogen and oxygen atoms in total. The minimum Gasteiger partial charge on any atom is -0.493 e. The summed E-state index contributed by atoms with van der Waals surface area (Å²) in [6.07, 6.45) is 8.53. The molecule has 2 aromatic rings. The molecule has 234 valence electrons. The summed E-state index contributed by atoms with van der Waals surface area (Å²) in [5.41, 5.74) is 5.71. The second-order valence-corrected chi connectivity index (χ2v) is 16.6. The number of halogens is 2. The second-order valence-electron chi connectivity index (χ2n) is 14.6. The van der Waals surface area contributed by atoms with Gasteiger partial charge in [0.25, 0.3) is 0 Å². The maximum absolute atomic E-state index is 14.3. The summed E-state index contributed by atoms with van der Waals surface area (Å²) in [4.78, 5) is 31.1. The summed E-state index contributed by atoms with van der Waals surface area (Å²) in [7, 11) is 1.66. The number of methoxy groups -OCH3 is 1. The van der Waals surface area contributed by atoms with Gasteiger partial charge in [0.15, 0.2) is 23.1 Å². The van der Waals surface area contributed by atoms with Crippen LogP contribution in [0, 0.1) is 14.4 Å². The Bertz CT molecular complexity index is 1510. The van der Waals surface area contributed by atoms with Crippen LogP contribution in [0.1, 0.15) is 103 Å². The lowest BCUT2D eigenvalue weighted by molar-refractivity contribution is -0.119. The number of allylic oxidation sites excluding steroid dienone is 4. The first kappa shape index (κ1) is 31.8. The smallest absolute Gasteiger partial charge is 0.174 e. The number of Topliss-reactive ketones (excluding diaryl/α,β-unsaturated/α-hetero) is 2. The van der Waals surface area contributed by atoms with Gasteiger partial charge in [0.2, 0.25) is 0 Å². The predicted molar refractivity (Wildman–Crippen MR) is 186 cm³/mol. The van der Waals surface area contributed by atoms with Gasteiger partial charge in [-0.3, -0.25) is 9.59 Å². The highest BCUT2D eigenvalue weighted by atomic mass is 127. The van der Waals surface area contributed by atoms with Crippen molar-refractivity contribution in [3.63, 3.8) is 0 Å². The maximum atomic E-state index is 14.3. The lowest BCUT2D eigenvalue weighted by Crippen LogP contribution is -2.48. The van der Waals surface area contributed by atoms with Gasteiger partial charge in [0.1, 0.15) is 6.61 Å². The Morgan fingerprint density at radius 2 is 1.48 bits per heavy atom. The number of carbonyl (C=O) groups excluding carboxylic acids is 2. The predicted octanol–water partition coefficient (Wildman–Crippen LogP) is 9.66. The molecule has 1 aliphatic heterocycles. The summed E-state index contributed by atoms with van der Waals surface area (Å²) in [5.74, 6) is 1.24. The monoisotopic (exact) mass is 771 g/mol. The van der Waals surface area contributed by atoms with E-state index in [-0.39, 0.29) is 22.4 Å². The van der Waals surface area contributed by atoms with E-state index in [0.29, 0.717) is 37.0 Å². The van der Waals surface area contributed by atoms with Gasteiger partial charge < -0.3 is 14.4 Å². The average molecular weight is 773 g/mol. The first-order chi connectivity index (χ1) is 20.9. The molecule has 3 aliphatic carbocycles. The molecule has 7 heteroatoms. The highest BCUT2D eigenvalue weighted by Crippen LogP contribution is 2.56. The van der Waals surface area contributed by atoms with Crippen LogP contribution in [0.3, 0.4) is 0 Å². The molecule has 0 spiro atoms. The SMILES string of the molecule is COc1cc(C2C3=C(CC(C)(C)CC3=O)N(C3CCCCC3)C3=C2C(=O)CC(C)(C)C3)cc(I)c1OCc1ccccc1Br. The molecular weight excluding hydrogens is 729 g/mol. The Morgan fingerprint density at radius 1 is 0.886 bits per heavy atom. The lowest BCUT2D eigenvalue weighted by atomic mass is 9.63. The highest BCUT2D eigenvalue weighted by Gasteiger charge is 2.50. The van der Waals surface area contributed by atoms with Crippen molar-refractivity contribution in [2.75, 3.05) is 7.11 Å². The molecule has 44 heavy (non-hydrogen) atoms. The Hall–Kier alpha value is -2.13. The topological polar surface area (TPSA) is 55.8 Å². The van der Waals surface area contributed by atoms with Crippen molar-refractivity contribution in [2.24, 2.45) is 10.8 Å². The number of ether oxygens (including phenoxy) is 2. The van der Waals surface area contributed by atoms with Crippen molar-refractivity contribution in [3.05, 3.63) is 78.1 Å². The Kier molecular flexibility index (Phi) is 8.85. The quantitative estimate of drug-likeness (QED) is 0.274. The van der Waals surface area contributed by atoms with Crippen LogP contribution >= 0.6 is 38.5 Å². The molecule has 6 rings (SSSR count). The van der Waals surface area contributed by atoms with Crippen molar-refractivity contribution < 1.29 is 19.1 Å². The first-order valence-corrected chi connectivity index (χ1v) is 17.8. The fourth-order valence-corrected chi connectivity index (χ4v) is 9.10. The lowest BCUT2D eigenvalue weighted by Gasteiger charge is -2.52. The van der Waals surface area contributed by atoms with Crippen LogP contribution in [0.2, 0.25) is 0 Å². The number of rotatable bonds is 6. The van der Waals surface area contributed by atoms with Crippen molar-refractivity contribution in [2.45, 2.75) is 104 Å². The molecule has 0 saturated heterocycles. The summed E-state index contributed by atoms with van der Waals surface area (Å²) < 4.78 is 14.2. The van der Waals surface area contributed by atoms with Gasteiger partial charge in [-0.2, -0.15) is 0 Å². The number of benzene rings is 2. The Morgan fingerprint density at radius 3 is 2.05 bits per heavy atom. The molecule has 0 bridgehead atoms. The molecule has 2 aromatic carbocycles. The molecule has 0 unspecified atom stereocenters. The molecule has 0 aromatic heterocycles. The van der Waals surface area contributed by atoms with Crippen LogP contribution in [-0.4, -0.2) is 29.6 Å². The first-order valence-electron chi connectivity index (χ1n) is 15.9. The molecule has 0 atom stereocenters.